The van der Waals surface area contributed by atoms with E-state index in [9.17, 15) is 9.18 Å². The van der Waals surface area contributed by atoms with E-state index in [-0.39, 0.29) is 17.1 Å². The summed E-state index contributed by atoms with van der Waals surface area (Å²) in [6.45, 7) is 0.618. The third-order valence-electron chi connectivity index (χ3n) is 3.66. The minimum Gasteiger partial charge on any atom is -0.399 e. The molecule has 0 atom stereocenters. The van der Waals surface area contributed by atoms with Gasteiger partial charge < -0.3 is 16.0 Å². The monoisotopic (exact) mass is 347 g/mol. The zero-order valence-electron chi connectivity index (χ0n) is 12.7. The smallest absolute Gasteiger partial charge is 0.257 e. The fourth-order valence-corrected chi connectivity index (χ4v) is 2.59. The van der Waals surface area contributed by atoms with Crippen LogP contribution in [0.2, 0.25) is 5.02 Å². The molecule has 6 nitrogen and oxygen atoms in total. The van der Waals surface area contributed by atoms with E-state index in [1.165, 1.54) is 17.0 Å². The van der Waals surface area contributed by atoms with E-state index < -0.39 is 11.7 Å². The first-order chi connectivity index (χ1) is 11.5. The zero-order chi connectivity index (χ0) is 17.1. The molecule has 8 heteroatoms. The Morgan fingerprint density at radius 2 is 2.08 bits per heavy atom. The van der Waals surface area contributed by atoms with Crippen LogP contribution in [0.4, 0.5) is 10.3 Å². The second kappa shape index (κ2) is 6.84. The Balaban J connectivity index is 1.73. The number of anilines is 1. The lowest BCUT2D eigenvalue weighted by molar-refractivity contribution is 0.0758. The number of hydrogen-bond acceptors (Lipinski definition) is 5. The molecule has 1 aromatic heterocycles. The lowest BCUT2D eigenvalue weighted by Crippen LogP contribution is -2.40. The molecular formula is C16H15ClFN5O. The topological polar surface area (TPSA) is 84.1 Å². The van der Waals surface area contributed by atoms with Gasteiger partial charge in [-0.3, -0.25) is 4.79 Å². The largest absolute Gasteiger partial charge is 0.399 e. The van der Waals surface area contributed by atoms with Crippen molar-refractivity contribution in [3.8, 4) is 0 Å². The van der Waals surface area contributed by atoms with Crippen molar-refractivity contribution in [3.63, 3.8) is 0 Å². The standard InChI is InChI=1S/C16H15ClFN5O/c17-10-2-3-11(12(18)8-10)15(24)23-7-4-14(13(19)9-23)22-16-20-5-1-6-21-16/h1-3,5-6,8H,4,7,9,19H2,(H,20,21,22). The number of halogens is 2. The summed E-state index contributed by atoms with van der Waals surface area (Å²) in [7, 11) is 0. The van der Waals surface area contributed by atoms with Crippen LogP contribution >= 0.6 is 11.6 Å². The maximum absolute atomic E-state index is 13.9. The Labute approximate surface area is 143 Å². The summed E-state index contributed by atoms with van der Waals surface area (Å²) in [6.07, 6.45) is 3.74. The minimum absolute atomic E-state index is 0.0185. The molecule has 0 aliphatic carbocycles. The molecule has 0 spiro atoms. The number of amides is 1. The van der Waals surface area contributed by atoms with E-state index in [0.717, 1.165) is 11.8 Å². The van der Waals surface area contributed by atoms with Crippen LogP contribution in [0.1, 0.15) is 16.8 Å². The fourth-order valence-electron chi connectivity index (χ4n) is 2.44. The molecule has 0 bridgehead atoms. The van der Waals surface area contributed by atoms with E-state index >= 15 is 0 Å². The Bertz CT molecular complexity index is 796. The maximum Gasteiger partial charge on any atom is 0.257 e. The third-order valence-corrected chi connectivity index (χ3v) is 3.89. The summed E-state index contributed by atoms with van der Waals surface area (Å²) in [5.41, 5.74) is 7.29. The first kappa shape index (κ1) is 16.2. The van der Waals surface area contributed by atoms with E-state index in [0.29, 0.717) is 24.6 Å². The fraction of sp³-hybridized carbons (Fsp3) is 0.188. The molecule has 24 heavy (non-hydrogen) atoms. The molecule has 3 rings (SSSR count). The molecule has 0 unspecified atom stereocenters. The number of carbonyl (C=O) groups is 1. The first-order valence-electron chi connectivity index (χ1n) is 7.30. The van der Waals surface area contributed by atoms with E-state index in [4.69, 9.17) is 17.3 Å². The average molecular weight is 348 g/mol. The van der Waals surface area contributed by atoms with Crippen molar-refractivity contribution in [1.29, 1.82) is 0 Å². The summed E-state index contributed by atoms with van der Waals surface area (Å²) >= 11 is 5.71. The lowest BCUT2D eigenvalue weighted by Gasteiger charge is -2.29. The molecule has 0 saturated carbocycles. The molecule has 1 aromatic carbocycles. The number of aromatic nitrogens is 2. The Morgan fingerprint density at radius 1 is 1.33 bits per heavy atom. The molecular weight excluding hydrogens is 333 g/mol. The van der Waals surface area contributed by atoms with Gasteiger partial charge in [-0.05, 0) is 24.3 Å². The molecule has 124 valence electrons. The van der Waals surface area contributed by atoms with Gasteiger partial charge in [0.1, 0.15) is 5.82 Å². The van der Waals surface area contributed by atoms with Gasteiger partial charge in [-0.1, -0.05) is 11.6 Å². The van der Waals surface area contributed by atoms with Crippen LogP contribution < -0.4 is 11.1 Å². The van der Waals surface area contributed by atoms with E-state index in [1.807, 2.05) is 0 Å². The number of carbonyl (C=O) groups excluding carboxylic acids is 1. The van der Waals surface area contributed by atoms with Gasteiger partial charge in [-0.15, -0.1) is 0 Å². The highest BCUT2D eigenvalue weighted by molar-refractivity contribution is 6.30. The molecule has 0 radical (unpaired) electrons. The minimum atomic E-state index is -0.642. The number of nitrogens with two attached hydrogens (primary N) is 1. The highest BCUT2D eigenvalue weighted by atomic mass is 35.5. The molecule has 3 N–H and O–H groups in total. The Hall–Kier alpha value is -2.67. The maximum atomic E-state index is 13.9. The number of hydrogen-bond donors (Lipinski definition) is 2. The van der Waals surface area contributed by atoms with Gasteiger partial charge in [0, 0.05) is 41.8 Å². The van der Waals surface area contributed by atoms with Crippen LogP contribution in [0.5, 0.6) is 0 Å². The second-order valence-corrected chi connectivity index (χ2v) is 5.74. The predicted molar refractivity (Wildman–Crippen MR) is 88.8 cm³/mol. The SMILES string of the molecule is NC1=C(Nc2ncccn2)CCN(C(=O)c2ccc(Cl)cc2F)C1. The number of nitrogens with zero attached hydrogens (tertiary/aromatic N) is 3. The van der Waals surface area contributed by atoms with Crippen molar-refractivity contribution in [2.75, 3.05) is 18.4 Å². The Kier molecular flexibility index (Phi) is 4.61. The van der Waals surface area contributed by atoms with Crippen LogP contribution in [0.15, 0.2) is 48.1 Å². The number of nitrogens with one attached hydrogen (secondary N) is 1. The van der Waals surface area contributed by atoms with Gasteiger partial charge in [0.15, 0.2) is 0 Å². The van der Waals surface area contributed by atoms with Crippen LogP contribution in [0, 0.1) is 5.82 Å². The molecule has 0 fully saturated rings. The van der Waals surface area contributed by atoms with Crippen LogP contribution in [0.25, 0.3) is 0 Å². The normalized spacial score (nSPS) is 14.7. The lowest BCUT2D eigenvalue weighted by atomic mass is 10.1. The first-order valence-corrected chi connectivity index (χ1v) is 7.68. The van der Waals surface area contributed by atoms with Crippen molar-refractivity contribution in [1.82, 2.24) is 14.9 Å². The molecule has 1 aliphatic rings. The number of benzene rings is 1. The highest BCUT2D eigenvalue weighted by Gasteiger charge is 2.24. The summed E-state index contributed by atoms with van der Waals surface area (Å²) in [5.74, 6) is -0.613. The van der Waals surface area contributed by atoms with E-state index in [1.54, 1.807) is 18.5 Å². The quantitative estimate of drug-likeness (QED) is 0.890. The van der Waals surface area contributed by atoms with Crippen molar-refractivity contribution < 1.29 is 9.18 Å². The van der Waals surface area contributed by atoms with Crippen molar-refractivity contribution >= 4 is 23.5 Å². The number of rotatable bonds is 3. The molecule has 0 saturated heterocycles. The molecule has 1 aliphatic heterocycles. The van der Waals surface area contributed by atoms with Crippen LogP contribution in [-0.2, 0) is 0 Å². The van der Waals surface area contributed by atoms with Crippen molar-refractivity contribution in [2.24, 2.45) is 5.73 Å². The molecule has 1 amide bonds. The third kappa shape index (κ3) is 3.46. The van der Waals surface area contributed by atoms with Crippen LogP contribution in [-0.4, -0.2) is 33.9 Å². The summed E-state index contributed by atoms with van der Waals surface area (Å²) in [4.78, 5) is 22.1. The van der Waals surface area contributed by atoms with Gasteiger partial charge in [-0.2, -0.15) is 0 Å². The summed E-state index contributed by atoms with van der Waals surface area (Å²) < 4.78 is 13.9. The highest BCUT2D eigenvalue weighted by Crippen LogP contribution is 2.20. The zero-order valence-corrected chi connectivity index (χ0v) is 13.4. The van der Waals surface area contributed by atoms with Gasteiger partial charge in [0.25, 0.3) is 5.91 Å². The molecule has 2 aromatic rings. The summed E-state index contributed by atoms with van der Waals surface area (Å²) in [5, 5.41) is 3.30. The summed E-state index contributed by atoms with van der Waals surface area (Å²) in [6, 6.07) is 5.70. The van der Waals surface area contributed by atoms with E-state index in [2.05, 4.69) is 15.3 Å². The second-order valence-electron chi connectivity index (χ2n) is 5.30. The van der Waals surface area contributed by atoms with Crippen molar-refractivity contribution in [2.45, 2.75) is 6.42 Å². The van der Waals surface area contributed by atoms with Crippen LogP contribution in [0.3, 0.4) is 0 Å². The van der Waals surface area contributed by atoms with Gasteiger partial charge in [0.2, 0.25) is 5.95 Å². The van der Waals surface area contributed by atoms with Gasteiger partial charge >= 0.3 is 0 Å². The average Bonchev–Trinajstić information content (AvgIpc) is 2.57. The van der Waals surface area contributed by atoms with Gasteiger partial charge in [-0.25, -0.2) is 14.4 Å². The predicted octanol–water partition coefficient (Wildman–Crippen LogP) is 2.40. The van der Waals surface area contributed by atoms with Crippen molar-refractivity contribution in [3.05, 3.63) is 64.5 Å². The van der Waals surface area contributed by atoms with Gasteiger partial charge in [0.05, 0.1) is 12.1 Å². The Morgan fingerprint density at radius 3 is 2.75 bits per heavy atom. The molecule has 2 heterocycles.